The average molecular weight is 248 g/mol. The van der Waals surface area contributed by atoms with E-state index in [1.165, 1.54) is 6.08 Å². The topological polar surface area (TPSA) is 129 Å². The highest BCUT2D eigenvalue weighted by Gasteiger charge is 2.57. The highest BCUT2D eigenvalue weighted by atomic mass is 32.2. The molecule has 0 heterocycles. The second-order valence-electron chi connectivity index (χ2n) is 3.13. The third-order valence-corrected chi connectivity index (χ3v) is 3.67. The maximum atomic E-state index is 11.1. The van der Waals surface area contributed by atoms with E-state index in [4.69, 9.17) is 14.8 Å². The molecule has 0 aromatic rings. The molecule has 0 saturated heterocycles. The molecule has 2 unspecified atom stereocenters. The molecule has 0 aromatic carbocycles. The Kier molecular flexibility index (Phi) is 2.89. The van der Waals surface area contributed by atoms with Crippen molar-refractivity contribution < 1.29 is 32.8 Å². The zero-order chi connectivity index (χ0) is 12.6. The normalized spacial score (nSPS) is 28.9. The van der Waals surface area contributed by atoms with Gasteiger partial charge in [-0.05, 0) is 6.08 Å². The number of hydrogen-bond acceptors (Lipinski definition) is 4. The van der Waals surface area contributed by atoms with Gasteiger partial charge in [0.1, 0.15) is 5.92 Å². The Morgan fingerprint density at radius 2 is 1.75 bits per heavy atom. The fourth-order valence-corrected chi connectivity index (χ4v) is 2.42. The number of rotatable bonds is 3. The van der Waals surface area contributed by atoms with Gasteiger partial charge in [-0.3, -0.25) is 14.1 Å². The van der Waals surface area contributed by atoms with E-state index in [1.54, 1.807) is 0 Å². The second kappa shape index (κ2) is 3.72. The fraction of sp³-hybridized carbons (Fsp3) is 0.250. The summed E-state index contributed by atoms with van der Waals surface area (Å²) in [5, 5.41) is 17.6. The molecule has 8 heteroatoms. The first-order valence-corrected chi connectivity index (χ1v) is 5.46. The number of allylic oxidation sites excluding steroid dienone is 2. The van der Waals surface area contributed by atoms with Gasteiger partial charge in [0.25, 0.3) is 10.1 Å². The van der Waals surface area contributed by atoms with Crippen LogP contribution in [0.5, 0.6) is 0 Å². The molecule has 88 valence electrons. The molecule has 1 rings (SSSR count). The van der Waals surface area contributed by atoms with Crippen LogP contribution in [0.1, 0.15) is 0 Å². The van der Waals surface area contributed by atoms with Crippen molar-refractivity contribution in [2.24, 2.45) is 5.92 Å². The van der Waals surface area contributed by atoms with E-state index in [2.05, 4.69) is 0 Å². The molecule has 0 aromatic heterocycles. The Hall–Kier alpha value is -1.67. The third-order valence-electron chi connectivity index (χ3n) is 2.25. The number of aliphatic carboxylic acids is 2. The lowest BCUT2D eigenvalue weighted by molar-refractivity contribution is -0.148. The Morgan fingerprint density at radius 3 is 2.06 bits per heavy atom. The van der Waals surface area contributed by atoms with Crippen LogP contribution in [-0.4, -0.2) is 39.9 Å². The second-order valence-corrected chi connectivity index (χ2v) is 4.76. The van der Waals surface area contributed by atoms with Gasteiger partial charge < -0.3 is 10.2 Å². The highest BCUT2D eigenvalue weighted by molar-refractivity contribution is 7.88. The largest absolute Gasteiger partial charge is 0.481 e. The SMILES string of the molecule is O=C(O)C1C=CC=CC1(C(=O)O)S(=O)(=O)O. The van der Waals surface area contributed by atoms with E-state index in [0.717, 1.165) is 12.2 Å². The average Bonchev–Trinajstić information content (AvgIpc) is 2.15. The van der Waals surface area contributed by atoms with Gasteiger partial charge in [0.05, 0.1) is 0 Å². The molecule has 0 amide bonds. The summed E-state index contributed by atoms with van der Waals surface area (Å²) in [6.07, 6.45) is 3.79. The zero-order valence-electron chi connectivity index (χ0n) is 7.77. The summed E-state index contributed by atoms with van der Waals surface area (Å²) in [5.74, 6) is -5.46. The van der Waals surface area contributed by atoms with E-state index in [0.29, 0.717) is 6.08 Å². The predicted octanol–water partition coefficient (Wildman–Crippen LogP) is -0.476. The summed E-state index contributed by atoms with van der Waals surface area (Å²) < 4.78 is 28.2. The van der Waals surface area contributed by atoms with Crippen molar-refractivity contribution >= 4 is 22.1 Å². The maximum Gasteiger partial charge on any atom is 0.332 e. The summed E-state index contributed by atoms with van der Waals surface area (Å²) >= 11 is 0. The monoisotopic (exact) mass is 248 g/mol. The van der Waals surface area contributed by atoms with Crippen molar-refractivity contribution in [1.82, 2.24) is 0 Å². The van der Waals surface area contributed by atoms with Crippen LogP contribution in [0.25, 0.3) is 0 Å². The molecule has 1 aliphatic carbocycles. The molecule has 0 saturated carbocycles. The first kappa shape index (κ1) is 12.4. The lowest BCUT2D eigenvalue weighted by atomic mass is 9.87. The summed E-state index contributed by atoms with van der Waals surface area (Å²) in [6, 6.07) is 0. The molecule has 0 spiro atoms. The van der Waals surface area contributed by atoms with Gasteiger partial charge in [-0.2, -0.15) is 8.42 Å². The van der Waals surface area contributed by atoms with E-state index in [-0.39, 0.29) is 0 Å². The van der Waals surface area contributed by atoms with Crippen LogP contribution >= 0.6 is 0 Å². The molecular weight excluding hydrogens is 240 g/mol. The minimum absolute atomic E-state index is 0.642. The minimum Gasteiger partial charge on any atom is -0.481 e. The van der Waals surface area contributed by atoms with Gasteiger partial charge in [0, 0.05) is 0 Å². The first-order valence-electron chi connectivity index (χ1n) is 4.02. The molecule has 1 aliphatic rings. The summed E-state index contributed by atoms with van der Waals surface area (Å²) in [6.45, 7) is 0. The van der Waals surface area contributed by atoms with Gasteiger partial charge in [0.2, 0.25) is 4.75 Å². The van der Waals surface area contributed by atoms with E-state index in [1.807, 2.05) is 0 Å². The van der Waals surface area contributed by atoms with Crippen molar-refractivity contribution in [1.29, 1.82) is 0 Å². The van der Waals surface area contributed by atoms with Crippen LogP contribution in [0, 0.1) is 5.92 Å². The van der Waals surface area contributed by atoms with E-state index >= 15 is 0 Å². The van der Waals surface area contributed by atoms with Crippen molar-refractivity contribution in [3.63, 3.8) is 0 Å². The predicted molar refractivity (Wildman–Crippen MR) is 51.3 cm³/mol. The number of carbonyl (C=O) groups is 2. The highest BCUT2D eigenvalue weighted by Crippen LogP contribution is 2.32. The number of carboxylic acids is 2. The molecule has 16 heavy (non-hydrogen) atoms. The van der Waals surface area contributed by atoms with Gasteiger partial charge in [0.15, 0.2) is 0 Å². The van der Waals surface area contributed by atoms with Crippen LogP contribution in [-0.2, 0) is 19.7 Å². The van der Waals surface area contributed by atoms with Gasteiger partial charge in [-0.15, -0.1) is 0 Å². The van der Waals surface area contributed by atoms with E-state index < -0.39 is 32.7 Å². The quantitative estimate of drug-likeness (QED) is 0.575. The fourth-order valence-electron chi connectivity index (χ4n) is 1.45. The Balaban J connectivity index is 3.52. The van der Waals surface area contributed by atoms with Gasteiger partial charge >= 0.3 is 11.9 Å². The number of hydrogen-bond donors (Lipinski definition) is 3. The number of carboxylic acid groups (broad SMARTS) is 2. The van der Waals surface area contributed by atoms with Crippen molar-refractivity contribution in [3.05, 3.63) is 24.3 Å². The smallest absolute Gasteiger partial charge is 0.332 e. The standard InChI is InChI=1S/C8H8O7S/c9-6(10)5-3-1-2-4-8(5,7(11)12)16(13,14)15/h1-5H,(H,9,10)(H,11,12)(H,13,14,15). The molecule has 3 N–H and O–H groups in total. The van der Waals surface area contributed by atoms with Gasteiger partial charge in [-0.1, -0.05) is 18.2 Å². The van der Waals surface area contributed by atoms with E-state index in [9.17, 15) is 18.0 Å². The summed E-state index contributed by atoms with van der Waals surface area (Å²) in [4.78, 5) is 21.7. The molecule has 0 aliphatic heterocycles. The van der Waals surface area contributed by atoms with Crippen LogP contribution in [0.4, 0.5) is 0 Å². The zero-order valence-corrected chi connectivity index (χ0v) is 8.59. The molecular formula is C8H8O7S. The van der Waals surface area contributed by atoms with Crippen LogP contribution in [0.15, 0.2) is 24.3 Å². The molecule has 7 nitrogen and oxygen atoms in total. The van der Waals surface area contributed by atoms with Crippen LogP contribution in [0.2, 0.25) is 0 Å². The lowest BCUT2D eigenvalue weighted by Gasteiger charge is -2.28. The summed E-state index contributed by atoms with van der Waals surface area (Å²) in [5.41, 5.74) is 0. The van der Waals surface area contributed by atoms with Crippen molar-refractivity contribution in [3.8, 4) is 0 Å². The van der Waals surface area contributed by atoms with Crippen molar-refractivity contribution in [2.45, 2.75) is 4.75 Å². The molecule has 0 bridgehead atoms. The molecule has 0 fully saturated rings. The lowest BCUT2D eigenvalue weighted by Crippen LogP contribution is -2.53. The maximum absolute atomic E-state index is 11.1. The Labute approximate surface area is 90.4 Å². The third kappa shape index (κ3) is 1.61. The summed E-state index contributed by atoms with van der Waals surface area (Å²) in [7, 11) is -5.10. The Morgan fingerprint density at radius 1 is 1.19 bits per heavy atom. The molecule has 2 atom stereocenters. The van der Waals surface area contributed by atoms with Crippen molar-refractivity contribution in [2.75, 3.05) is 0 Å². The minimum atomic E-state index is -5.10. The first-order chi connectivity index (χ1) is 7.23. The molecule has 0 radical (unpaired) electrons. The van der Waals surface area contributed by atoms with Crippen LogP contribution < -0.4 is 0 Å². The van der Waals surface area contributed by atoms with Crippen LogP contribution in [0.3, 0.4) is 0 Å². The van der Waals surface area contributed by atoms with Gasteiger partial charge in [-0.25, -0.2) is 0 Å². The Bertz CT molecular complexity index is 487.